The van der Waals surface area contributed by atoms with Gasteiger partial charge in [0.15, 0.2) is 5.16 Å². The number of nitrogens with zero attached hydrogens (tertiary/aromatic N) is 5. The van der Waals surface area contributed by atoms with Crippen molar-refractivity contribution in [3.63, 3.8) is 0 Å². The summed E-state index contributed by atoms with van der Waals surface area (Å²) < 4.78 is 7.69. The van der Waals surface area contributed by atoms with Crippen molar-refractivity contribution < 1.29 is 4.42 Å². The molecule has 132 valence electrons. The minimum Gasteiger partial charge on any atom is -0.424 e. The number of hydrogen-bond donors (Lipinski definition) is 0. The van der Waals surface area contributed by atoms with E-state index in [-0.39, 0.29) is 0 Å². The van der Waals surface area contributed by atoms with Crippen LogP contribution in [0, 0.1) is 0 Å². The summed E-state index contributed by atoms with van der Waals surface area (Å²) in [6, 6.07) is 14.3. The zero-order chi connectivity index (χ0) is 17.8. The van der Waals surface area contributed by atoms with E-state index in [1.165, 1.54) is 4.88 Å². The van der Waals surface area contributed by atoms with E-state index < -0.39 is 0 Å². The Morgan fingerprint density at radius 1 is 1.00 bits per heavy atom. The Hall–Kier alpha value is -2.45. The second-order valence-corrected chi connectivity index (χ2v) is 7.53. The van der Waals surface area contributed by atoms with E-state index in [4.69, 9.17) is 4.42 Å². The van der Waals surface area contributed by atoms with Crippen molar-refractivity contribution in [1.29, 1.82) is 0 Å². The molecule has 0 atom stereocenters. The Balaban J connectivity index is 1.62. The molecule has 4 aromatic rings. The molecule has 8 heteroatoms. The summed E-state index contributed by atoms with van der Waals surface area (Å²) >= 11 is 3.27. The van der Waals surface area contributed by atoms with Gasteiger partial charge in [-0.1, -0.05) is 43.0 Å². The van der Waals surface area contributed by atoms with Crippen LogP contribution in [-0.4, -0.2) is 25.0 Å². The molecule has 0 saturated heterocycles. The molecule has 0 N–H and O–H groups in total. The molecule has 1 aromatic carbocycles. The molecule has 0 bridgehead atoms. The van der Waals surface area contributed by atoms with Gasteiger partial charge in [0.2, 0.25) is 11.8 Å². The summed E-state index contributed by atoms with van der Waals surface area (Å²) in [6.45, 7) is 1.99. The van der Waals surface area contributed by atoms with Crippen LogP contribution in [0.1, 0.15) is 29.4 Å². The maximum Gasteiger partial charge on any atom is 0.226 e. The smallest absolute Gasteiger partial charge is 0.226 e. The molecule has 0 unspecified atom stereocenters. The Bertz CT molecular complexity index is 963. The van der Waals surface area contributed by atoms with Crippen LogP contribution < -0.4 is 0 Å². The molecule has 3 heterocycles. The van der Waals surface area contributed by atoms with Crippen LogP contribution in [0.15, 0.2) is 57.4 Å². The summed E-state index contributed by atoms with van der Waals surface area (Å²) in [5, 5.41) is 19.8. The number of para-hydroxylation sites is 1. The third-order valence-corrected chi connectivity index (χ3v) is 5.55. The van der Waals surface area contributed by atoms with Crippen molar-refractivity contribution in [2.75, 3.05) is 0 Å². The first kappa shape index (κ1) is 17.0. The van der Waals surface area contributed by atoms with Gasteiger partial charge in [-0.25, -0.2) is 0 Å². The molecule has 6 nitrogen and oxygen atoms in total. The third kappa shape index (κ3) is 3.71. The number of thiophene rings is 1. The molecule has 0 aliphatic carbocycles. The van der Waals surface area contributed by atoms with Crippen LogP contribution >= 0.6 is 23.1 Å². The first-order valence-corrected chi connectivity index (χ1v) is 10.2. The van der Waals surface area contributed by atoms with Gasteiger partial charge in [0.1, 0.15) is 5.82 Å². The van der Waals surface area contributed by atoms with Crippen LogP contribution in [0.2, 0.25) is 0 Å². The van der Waals surface area contributed by atoms with E-state index >= 15 is 0 Å². The summed E-state index contributed by atoms with van der Waals surface area (Å²) in [5.74, 6) is 2.75. The van der Waals surface area contributed by atoms with Crippen molar-refractivity contribution in [1.82, 2.24) is 25.0 Å². The fraction of sp³-hybridized carbons (Fsp3) is 0.222. The predicted octanol–water partition coefficient (Wildman–Crippen LogP) is 4.16. The first-order chi connectivity index (χ1) is 12.8. The van der Waals surface area contributed by atoms with Crippen LogP contribution in [0.4, 0.5) is 0 Å². The fourth-order valence-corrected chi connectivity index (χ4v) is 4.04. The van der Waals surface area contributed by atoms with Gasteiger partial charge in [0.25, 0.3) is 0 Å². The van der Waals surface area contributed by atoms with Gasteiger partial charge in [0.05, 0.1) is 5.75 Å². The molecule has 0 spiro atoms. The fourth-order valence-electron chi connectivity index (χ4n) is 2.53. The number of aromatic nitrogens is 5. The summed E-state index contributed by atoms with van der Waals surface area (Å²) in [6.07, 6.45) is 1.49. The van der Waals surface area contributed by atoms with E-state index in [2.05, 4.69) is 54.6 Å². The number of aryl methyl sites for hydroxylation is 1. The van der Waals surface area contributed by atoms with Gasteiger partial charge in [-0.05, 0) is 23.6 Å². The molecule has 26 heavy (non-hydrogen) atoms. The van der Waals surface area contributed by atoms with E-state index in [0.717, 1.165) is 29.5 Å². The minimum atomic E-state index is 0.566. The highest BCUT2D eigenvalue weighted by atomic mass is 32.2. The molecule has 4 rings (SSSR count). The zero-order valence-corrected chi connectivity index (χ0v) is 15.8. The predicted molar refractivity (Wildman–Crippen MR) is 102 cm³/mol. The van der Waals surface area contributed by atoms with E-state index in [1.54, 1.807) is 23.1 Å². The van der Waals surface area contributed by atoms with Crippen LogP contribution in [-0.2, 0) is 18.6 Å². The van der Waals surface area contributed by atoms with Gasteiger partial charge >= 0.3 is 0 Å². The van der Waals surface area contributed by atoms with Crippen molar-refractivity contribution in [2.45, 2.75) is 30.7 Å². The second-order valence-electron chi connectivity index (χ2n) is 5.56. The van der Waals surface area contributed by atoms with Crippen LogP contribution in [0.25, 0.3) is 5.69 Å². The highest BCUT2D eigenvalue weighted by molar-refractivity contribution is 7.98. The molecule has 0 aliphatic heterocycles. The van der Waals surface area contributed by atoms with E-state index in [1.807, 2.05) is 25.1 Å². The highest BCUT2D eigenvalue weighted by Gasteiger charge is 2.16. The maximum absolute atomic E-state index is 5.59. The Kier molecular flexibility index (Phi) is 5.12. The first-order valence-electron chi connectivity index (χ1n) is 8.29. The molecular formula is C18H17N5OS2. The Labute approximate surface area is 159 Å². The Morgan fingerprint density at radius 2 is 1.85 bits per heavy atom. The topological polar surface area (TPSA) is 69.6 Å². The highest BCUT2D eigenvalue weighted by Crippen LogP contribution is 2.26. The third-order valence-electron chi connectivity index (χ3n) is 3.76. The largest absolute Gasteiger partial charge is 0.424 e. The van der Waals surface area contributed by atoms with Gasteiger partial charge in [0, 0.05) is 23.4 Å². The van der Waals surface area contributed by atoms with Crippen LogP contribution in [0.5, 0.6) is 0 Å². The van der Waals surface area contributed by atoms with Crippen LogP contribution in [0.3, 0.4) is 0 Å². The van der Waals surface area contributed by atoms with Gasteiger partial charge in [-0.3, -0.25) is 4.57 Å². The SMILES string of the molecule is CCc1nnc(CSc2nnc(Cc3cccs3)n2-c2ccccc2)o1. The Morgan fingerprint density at radius 3 is 2.58 bits per heavy atom. The van der Waals surface area contributed by atoms with Crippen molar-refractivity contribution in [2.24, 2.45) is 0 Å². The number of hydrogen-bond acceptors (Lipinski definition) is 7. The second kappa shape index (κ2) is 7.84. The monoisotopic (exact) mass is 383 g/mol. The molecule has 3 aromatic heterocycles. The van der Waals surface area contributed by atoms with Crippen molar-refractivity contribution >= 4 is 23.1 Å². The van der Waals surface area contributed by atoms with Gasteiger partial charge < -0.3 is 4.42 Å². The number of rotatable bonds is 7. The quantitative estimate of drug-likeness (QED) is 0.446. The lowest BCUT2D eigenvalue weighted by atomic mass is 10.3. The summed E-state index contributed by atoms with van der Waals surface area (Å²) in [7, 11) is 0. The van der Waals surface area contributed by atoms with E-state index in [0.29, 0.717) is 17.5 Å². The van der Waals surface area contributed by atoms with Gasteiger partial charge in [-0.2, -0.15) is 0 Å². The molecule has 0 fully saturated rings. The molecule has 0 radical (unpaired) electrons. The number of benzene rings is 1. The summed E-state index contributed by atoms with van der Waals surface area (Å²) in [5.41, 5.74) is 1.05. The van der Waals surface area contributed by atoms with Crippen molar-refractivity contribution in [3.8, 4) is 5.69 Å². The summed E-state index contributed by atoms with van der Waals surface area (Å²) in [4.78, 5) is 1.26. The number of thioether (sulfide) groups is 1. The normalized spacial score (nSPS) is 11.1. The maximum atomic E-state index is 5.59. The molecule has 0 amide bonds. The zero-order valence-electron chi connectivity index (χ0n) is 14.2. The molecule has 0 saturated carbocycles. The minimum absolute atomic E-state index is 0.566. The average Bonchev–Trinajstić information content (AvgIpc) is 3.42. The average molecular weight is 384 g/mol. The molecule has 0 aliphatic rings. The van der Waals surface area contributed by atoms with Crippen molar-refractivity contribution in [3.05, 3.63) is 70.3 Å². The van der Waals surface area contributed by atoms with E-state index in [9.17, 15) is 0 Å². The lowest BCUT2D eigenvalue weighted by molar-refractivity contribution is 0.470. The lowest BCUT2D eigenvalue weighted by Crippen LogP contribution is -2.03. The lowest BCUT2D eigenvalue weighted by Gasteiger charge is -2.09. The van der Waals surface area contributed by atoms with Gasteiger partial charge in [-0.15, -0.1) is 31.7 Å². The standard InChI is InChI=1S/C18H17N5OS2/c1-2-16-20-21-17(24-16)12-26-18-22-19-15(11-14-9-6-10-25-14)23(18)13-7-4-3-5-8-13/h3-10H,2,11-12H2,1H3. The molecular weight excluding hydrogens is 366 g/mol.